The summed E-state index contributed by atoms with van der Waals surface area (Å²) >= 11 is 0. The molecule has 1 fully saturated rings. The van der Waals surface area contributed by atoms with E-state index in [1.807, 2.05) is 50.2 Å². The van der Waals surface area contributed by atoms with Crippen LogP contribution in [0.5, 0.6) is 5.75 Å². The van der Waals surface area contributed by atoms with Gasteiger partial charge in [0.2, 0.25) is 5.76 Å². The lowest BCUT2D eigenvalue weighted by atomic mass is 9.97. The number of methoxy groups -OCH3 is 1. The number of hydrogen-bond donors (Lipinski definition) is 0. The maximum absolute atomic E-state index is 13.7. The molecule has 0 radical (unpaired) electrons. The molecule has 0 saturated carbocycles. The molecule has 2 aliphatic heterocycles. The number of benzene rings is 2. The maximum Gasteiger partial charge on any atom is 0.290 e. The Bertz CT molecular complexity index is 1280. The Morgan fingerprint density at radius 2 is 1.79 bits per heavy atom. The number of carbonyl (C=O) groups is 1. The number of aryl methyl sites for hydroxylation is 2. The van der Waals surface area contributed by atoms with Gasteiger partial charge in [0, 0.05) is 26.2 Å². The van der Waals surface area contributed by atoms with Crippen molar-refractivity contribution < 1.29 is 18.7 Å². The van der Waals surface area contributed by atoms with Crippen LogP contribution in [0, 0.1) is 13.8 Å². The van der Waals surface area contributed by atoms with Crippen LogP contribution in [0.3, 0.4) is 0 Å². The second-order valence-electron chi connectivity index (χ2n) is 8.74. The lowest BCUT2D eigenvalue weighted by molar-refractivity contribution is 0.0314. The van der Waals surface area contributed by atoms with E-state index >= 15 is 0 Å². The Morgan fingerprint density at radius 1 is 1.03 bits per heavy atom. The fourth-order valence-corrected chi connectivity index (χ4v) is 4.74. The molecule has 0 bridgehead atoms. The summed E-state index contributed by atoms with van der Waals surface area (Å²) in [5.74, 6) is 0.576. The van der Waals surface area contributed by atoms with E-state index in [0.717, 1.165) is 29.8 Å². The highest BCUT2D eigenvalue weighted by molar-refractivity contribution is 5.99. The van der Waals surface area contributed by atoms with Gasteiger partial charge in [0.1, 0.15) is 11.3 Å². The molecule has 3 heterocycles. The average Bonchev–Trinajstić information content (AvgIpc) is 3.11. The van der Waals surface area contributed by atoms with Crippen molar-refractivity contribution in [2.45, 2.75) is 19.9 Å². The average molecular weight is 449 g/mol. The summed E-state index contributed by atoms with van der Waals surface area (Å²) in [6.45, 7) is 8.18. The first kappa shape index (κ1) is 21.7. The summed E-state index contributed by atoms with van der Waals surface area (Å²) in [6.07, 6.45) is 0. The first-order valence-corrected chi connectivity index (χ1v) is 11.3. The molecule has 0 N–H and O–H groups in total. The van der Waals surface area contributed by atoms with E-state index in [1.54, 1.807) is 12.0 Å². The Morgan fingerprint density at radius 3 is 2.55 bits per heavy atom. The van der Waals surface area contributed by atoms with Gasteiger partial charge in [0.25, 0.3) is 5.91 Å². The van der Waals surface area contributed by atoms with E-state index in [4.69, 9.17) is 13.9 Å². The quantitative estimate of drug-likeness (QED) is 0.597. The third-order valence-corrected chi connectivity index (χ3v) is 6.75. The summed E-state index contributed by atoms with van der Waals surface area (Å²) < 4.78 is 17.0. The van der Waals surface area contributed by atoms with Gasteiger partial charge in [-0.2, -0.15) is 0 Å². The minimum absolute atomic E-state index is 0.144. The van der Waals surface area contributed by atoms with Gasteiger partial charge >= 0.3 is 0 Å². The molecule has 3 aromatic rings. The van der Waals surface area contributed by atoms with E-state index in [2.05, 4.69) is 4.90 Å². The van der Waals surface area contributed by atoms with Crippen LogP contribution in [-0.4, -0.2) is 62.2 Å². The summed E-state index contributed by atoms with van der Waals surface area (Å²) in [5, 5.41) is 0.507. The fraction of sp³-hybridized carbons (Fsp3) is 0.385. The van der Waals surface area contributed by atoms with Crippen molar-refractivity contribution in [2.24, 2.45) is 0 Å². The summed E-state index contributed by atoms with van der Waals surface area (Å²) in [5.41, 5.74) is 3.58. The SMILES string of the molecule is COc1cccc([C@H]2c3c(oc4cc(C)c(C)cc4c3=O)C(=O)N2CCN2CCOCC2)c1. The van der Waals surface area contributed by atoms with Crippen LogP contribution in [-0.2, 0) is 4.74 Å². The smallest absolute Gasteiger partial charge is 0.290 e. The second kappa shape index (κ2) is 8.65. The molecule has 1 aromatic heterocycles. The Labute approximate surface area is 192 Å². The van der Waals surface area contributed by atoms with Gasteiger partial charge in [-0.3, -0.25) is 14.5 Å². The molecular formula is C26H28N2O5. The number of rotatable bonds is 5. The first-order valence-electron chi connectivity index (χ1n) is 11.3. The van der Waals surface area contributed by atoms with E-state index in [9.17, 15) is 9.59 Å². The fourth-order valence-electron chi connectivity index (χ4n) is 4.74. The highest BCUT2D eigenvalue weighted by atomic mass is 16.5. The molecule has 1 atom stereocenters. The van der Waals surface area contributed by atoms with Crippen LogP contribution >= 0.6 is 0 Å². The molecule has 0 spiro atoms. The molecule has 5 rings (SSSR count). The minimum Gasteiger partial charge on any atom is -0.497 e. The zero-order valence-corrected chi connectivity index (χ0v) is 19.2. The number of ether oxygens (including phenoxy) is 2. The van der Waals surface area contributed by atoms with Crippen LogP contribution < -0.4 is 10.2 Å². The zero-order valence-electron chi connectivity index (χ0n) is 19.2. The van der Waals surface area contributed by atoms with E-state index in [0.29, 0.717) is 48.6 Å². The van der Waals surface area contributed by atoms with Crippen molar-refractivity contribution >= 4 is 16.9 Å². The zero-order chi connectivity index (χ0) is 23.1. The largest absolute Gasteiger partial charge is 0.497 e. The minimum atomic E-state index is -0.522. The van der Waals surface area contributed by atoms with Crippen LogP contribution in [0.4, 0.5) is 0 Å². The number of amides is 1. The number of nitrogens with zero attached hydrogens (tertiary/aromatic N) is 2. The van der Waals surface area contributed by atoms with Crippen molar-refractivity contribution in [1.82, 2.24) is 9.80 Å². The molecule has 2 aromatic carbocycles. The van der Waals surface area contributed by atoms with Gasteiger partial charge in [-0.25, -0.2) is 0 Å². The van der Waals surface area contributed by atoms with Crippen molar-refractivity contribution in [2.75, 3.05) is 46.5 Å². The van der Waals surface area contributed by atoms with Crippen molar-refractivity contribution in [3.8, 4) is 5.75 Å². The van der Waals surface area contributed by atoms with Gasteiger partial charge in [0.05, 0.1) is 37.3 Å². The highest BCUT2D eigenvalue weighted by Crippen LogP contribution is 2.39. The number of morpholine rings is 1. The topological polar surface area (TPSA) is 72.2 Å². The number of hydrogen-bond acceptors (Lipinski definition) is 6. The van der Waals surface area contributed by atoms with E-state index in [1.165, 1.54) is 0 Å². The predicted octanol–water partition coefficient (Wildman–Crippen LogP) is 3.30. The number of fused-ring (bicyclic) bond motifs is 2. The van der Waals surface area contributed by atoms with Gasteiger partial charge in [-0.05, 0) is 54.8 Å². The molecule has 33 heavy (non-hydrogen) atoms. The van der Waals surface area contributed by atoms with Gasteiger partial charge < -0.3 is 18.8 Å². The lowest BCUT2D eigenvalue weighted by Crippen LogP contribution is -2.42. The summed E-state index contributed by atoms with van der Waals surface area (Å²) in [6, 6.07) is 10.7. The van der Waals surface area contributed by atoms with Crippen LogP contribution in [0.25, 0.3) is 11.0 Å². The molecule has 1 amide bonds. The van der Waals surface area contributed by atoms with Gasteiger partial charge in [-0.1, -0.05) is 12.1 Å². The second-order valence-corrected chi connectivity index (χ2v) is 8.74. The number of carbonyl (C=O) groups excluding carboxylic acids is 1. The molecule has 7 nitrogen and oxygen atoms in total. The molecule has 7 heteroatoms. The van der Waals surface area contributed by atoms with E-state index < -0.39 is 6.04 Å². The van der Waals surface area contributed by atoms with Crippen molar-refractivity contribution in [1.29, 1.82) is 0 Å². The predicted molar refractivity (Wildman–Crippen MR) is 125 cm³/mol. The van der Waals surface area contributed by atoms with E-state index in [-0.39, 0.29) is 17.1 Å². The molecule has 0 unspecified atom stereocenters. The Hall–Kier alpha value is -3.16. The maximum atomic E-state index is 13.7. The highest BCUT2D eigenvalue weighted by Gasteiger charge is 2.42. The molecule has 172 valence electrons. The molecule has 1 saturated heterocycles. The Kier molecular flexibility index (Phi) is 5.68. The van der Waals surface area contributed by atoms with Crippen molar-refractivity contribution in [3.63, 3.8) is 0 Å². The summed E-state index contributed by atoms with van der Waals surface area (Å²) in [7, 11) is 1.61. The molecule has 0 aliphatic carbocycles. The van der Waals surface area contributed by atoms with Gasteiger partial charge in [0.15, 0.2) is 5.43 Å². The third kappa shape index (κ3) is 3.81. The first-order chi connectivity index (χ1) is 16.0. The Balaban J connectivity index is 1.63. The van der Waals surface area contributed by atoms with Crippen LogP contribution in [0.1, 0.15) is 38.9 Å². The third-order valence-electron chi connectivity index (χ3n) is 6.75. The van der Waals surface area contributed by atoms with Crippen LogP contribution in [0.15, 0.2) is 45.6 Å². The molecule has 2 aliphatic rings. The monoisotopic (exact) mass is 448 g/mol. The van der Waals surface area contributed by atoms with Gasteiger partial charge in [-0.15, -0.1) is 0 Å². The lowest BCUT2D eigenvalue weighted by Gasteiger charge is -2.31. The summed E-state index contributed by atoms with van der Waals surface area (Å²) in [4.78, 5) is 31.3. The normalized spacial score (nSPS) is 18.7. The van der Waals surface area contributed by atoms with Crippen LogP contribution in [0.2, 0.25) is 0 Å². The standard InChI is InChI=1S/C26H28N2O5/c1-16-13-20-21(14-17(16)2)33-25-22(24(20)29)23(18-5-4-6-19(15-18)31-3)28(26(25)30)8-7-27-9-11-32-12-10-27/h4-6,13-15,23H,7-12H2,1-3H3/t23-/m0/s1. The van der Waals surface area contributed by atoms with Crippen molar-refractivity contribution in [3.05, 3.63) is 74.6 Å². The molecular weight excluding hydrogens is 420 g/mol.